The SMILES string of the molecule is OCCCSCCCCCCCCCCCCCc1ccc(F)cc1. The van der Waals surface area contributed by atoms with Crippen molar-refractivity contribution in [3.63, 3.8) is 0 Å². The van der Waals surface area contributed by atoms with Gasteiger partial charge in [0.15, 0.2) is 0 Å². The van der Waals surface area contributed by atoms with Crippen molar-refractivity contribution in [2.45, 2.75) is 83.5 Å². The molecule has 0 fully saturated rings. The van der Waals surface area contributed by atoms with E-state index < -0.39 is 0 Å². The predicted molar refractivity (Wildman–Crippen MR) is 110 cm³/mol. The first-order valence-corrected chi connectivity index (χ1v) is 11.4. The minimum absolute atomic E-state index is 0.138. The van der Waals surface area contributed by atoms with Crippen molar-refractivity contribution in [3.8, 4) is 0 Å². The van der Waals surface area contributed by atoms with E-state index in [4.69, 9.17) is 5.11 Å². The summed E-state index contributed by atoms with van der Waals surface area (Å²) < 4.78 is 12.8. The number of benzene rings is 1. The van der Waals surface area contributed by atoms with E-state index in [0.29, 0.717) is 6.61 Å². The first-order valence-electron chi connectivity index (χ1n) is 10.3. The summed E-state index contributed by atoms with van der Waals surface area (Å²) in [6.07, 6.45) is 16.9. The lowest BCUT2D eigenvalue weighted by Crippen LogP contribution is -1.88. The highest BCUT2D eigenvalue weighted by molar-refractivity contribution is 7.99. The van der Waals surface area contributed by atoms with Gasteiger partial charge in [-0.25, -0.2) is 4.39 Å². The normalized spacial score (nSPS) is 11.1. The molecule has 1 aromatic rings. The second-order valence-corrected chi connectivity index (χ2v) is 8.18. The molecule has 25 heavy (non-hydrogen) atoms. The van der Waals surface area contributed by atoms with E-state index in [2.05, 4.69) is 0 Å². The summed E-state index contributed by atoms with van der Waals surface area (Å²) >= 11 is 1.98. The van der Waals surface area contributed by atoms with Crippen molar-refractivity contribution in [3.05, 3.63) is 35.6 Å². The summed E-state index contributed by atoms with van der Waals surface area (Å²) in [5.74, 6) is 2.24. The zero-order valence-corrected chi connectivity index (χ0v) is 16.7. The molecule has 1 N–H and O–H groups in total. The van der Waals surface area contributed by atoms with Crippen LogP contribution in [0, 0.1) is 5.82 Å². The van der Waals surface area contributed by atoms with Crippen molar-refractivity contribution in [2.24, 2.45) is 0 Å². The van der Waals surface area contributed by atoms with Gasteiger partial charge in [0.2, 0.25) is 0 Å². The van der Waals surface area contributed by atoms with E-state index in [1.165, 1.54) is 81.9 Å². The second kappa shape index (κ2) is 16.9. The van der Waals surface area contributed by atoms with E-state index in [9.17, 15) is 4.39 Å². The standard InChI is InChI=1S/C22H37FOS/c23-22-16-14-21(15-17-22)13-10-8-6-4-2-1-3-5-7-9-11-19-25-20-12-18-24/h14-17,24H,1-13,18-20H2. The summed E-state index contributed by atoms with van der Waals surface area (Å²) in [4.78, 5) is 0. The van der Waals surface area contributed by atoms with E-state index in [1.807, 2.05) is 23.9 Å². The molecular formula is C22H37FOS. The molecule has 0 atom stereocenters. The number of rotatable bonds is 17. The van der Waals surface area contributed by atoms with Crippen LogP contribution in [-0.2, 0) is 6.42 Å². The van der Waals surface area contributed by atoms with Crippen LogP contribution in [0.3, 0.4) is 0 Å². The molecule has 0 bridgehead atoms. The Hall–Kier alpha value is -0.540. The van der Waals surface area contributed by atoms with Crippen molar-refractivity contribution >= 4 is 11.8 Å². The van der Waals surface area contributed by atoms with Crippen molar-refractivity contribution < 1.29 is 9.50 Å². The highest BCUT2D eigenvalue weighted by atomic mass is 32.2. The smallest absolute Gasteiger partial charge is 0.123 e. The van der Waals surface area contributed by atoms with Gasteiger partial charge >= 0.3 is 0 Å². The lowest BCUT2D eigenvalue weighted by molar-refractivity contribution is 0.296. The fourth-order valence-electron chi connectivity index (χ4n) is 3.04. The highest BCUT2D eigenvalue weighted by Gasteiger charge is 1.96. The molecule has 0 saturated heterocycles. The Kier molecular flexibility index (Phi) is 15.2. The Bertz CT molecular complexity index is 394. The molecule has 0 spiro atoms. The van der Waals surface area contributed by atoms with Crippen LogP contribution in [-0.4, -0.2) is 23.2 Å². The van der Waals surface area contributed by atoms with Gasteiger partial charge in [0, 0.05) is 6.61 Å². The fourth-order valence-corrected chi connectivity index (χ4v) is 3.99. The maximum absolute atomic E-state index is 12.8. The van der Waals surface area contributed by atoms with E-state index in [0.717, 1.165) is 18.6 Å². The molecule has 1 aromatic carbocycles. The van der Waals surface area contributed by atoms with Crippen molar-refractivity contribution in [1.82, 2.24) is 0 Å². The molecule has 0 unspecified atom stereocenters. The van der Waals surface area contributed by atoms with Crippen LogP contribution in [0.5, 0.6) is 0 Å². The molecule has 144 valence electrons. The molecule has 0 aromatic heterocycles. The van der Waals surface area contributed by atoms with Crippen LogP contribution in [0.4, 0.5) is 4.39 Å². The Morgan fingerprint density at radius 3 is 1.68 bits per heavy atom. The lowest BCUT2D eigenvalue weighted by Gasteiger charge is -2.04. The van der Waals surface area contributed by atoms with E-state index >= 15 is 0 Å². The van der Waals surface area contributed by atoms with Crippen LogP contribution in [0.1, 0.15) is 82.6 Å². The van der Waals surface area contributed by atoms with Gasteiger partial charge in [0.05, 0.1) is 0 Å². The van der Waals surface area contributed by atoms with Crippen LogP contribution < -0.4 is 0 Å². The average molecular weight is 369 g/mol. The first-order chi connectivity index (χ1) is 12.3. The molecule has 0 aliphatic heterocycles. The zero-order chi connectivity index (χ0) is 18.0. The van der Waals surface area contributed by atoms with Crippen LogP contribution in [0.2, 0.25) is 0 Å². The Balaban J connectivity index is 1.74. The predicted octanol–water partition coefficient (Wildman–Crippen LogP) is 6.77. The largest absolute Gasteiger partial charge is 0.396 e. The van der Waals surface area contributed by atoms with Crippen LogP contribution >= 0.6 is 11.8 Å². The minimum Gasteiger partial charge on any atom is -0.396 e. The number of aliphatic hydroxyl groups is 1. The monoisotopic (exact) mass is 368 g/mol. The van der Waals surface area contributed by atoms with Crippen molar-refractivity contribution in [2.75, 3.05) is 18.1 Å². The number of aryl methyl sites for hydroxylation is 1. The molecule has 0 saturated carbocycles. The quantitative estimate of drug-likeness (QED) is 0.306. The van der Waals surface area contributed by atoms with Crippen LogP contribution in [0.25, 0.3) is 0 Å². The van der Waals surface area contributed by atoms with Gasteiger partial charge < -0.3 is 5.11 Å². The fraction of sp³-hybridized carbons (Fsp3) is 0.727. The van der Waals surface area contributed by atoms with Gasteiger partial charge in [-0.2, -0.15) is 11.8 Å². The first kappa shape index (κ1) is 22.5. The summed E-state index contributed by atoms with van der Waals surface area (Å²) in [5.41, 5.74) is 1.26. The second-order valence-electron chi connectivity index (χ2n) is 6.96. The summed E-state index contributed by atoms with van der Waals surface area (Å²) in [7, 11) is 0. The zero-order valence-electron chi connectivity index (χ0n) is 15.9. The van der Waals surface area contributed by atoms with Gasteiger partial charge in [0.1, 0.15) is 5.82 Å². The third kappa shape index (κ3) is 14.3. The van der Waals surface area contributed by atoms with Gasteiger partial charge in [-0.1, -0.05) is 69.9 Å². The number of hydrogen-bond donors (Lipinski definition) is 1. The number of unbranched alkanes of at least 4 members (excludes halogenated alkanes) is 10. The number of thioether (sulfide) groups is 1. The summed E-state index contributed by atoms with van der Waals surface area (Å²) in [5, 5.41) is 8.70. The number of halogens is 1. The molecular weight excluding hydrogens is 331 g/mol. The summed E-state index contributed by atoms with van der Waals surface area (Å²) in [6.45, 7) is 0.335. The van der Waals surface area contributed by atoms with Crippen LogP contribution in [0.15, 0.2) is 24.3 Å². The maximum atomic E-state index is 12.8. The van der Waals surface area contributed by atoms with Gasteiger partial charge in [0.25, 0.3) is 0 Å². The van der Waals surface area contributed by atoms with Gasteiger partial charge in [-0.15, -0.1) is 0 Å². The molecule has 0 amide bonds. The Morgan fingerprint density at radius 1 is 0.640 bits per heavy atom. The molecule has 0 heterocycles. The third-order valence-electron chi connectivity index (χ3n) is 4.61. The topological polar surface area (TPSA) is 20.2 Å². The molecule has 0 aliphatic rings. The summed E-state index contributed by atoms with van der Waals surface area (Å²) in [6, 6.07) is 6.93. The Labute approximate surface area is 158 Å². The van der Waals surface area contributed by atoms with E-state index in [1.54, 1.807) is 12.1 Å². The molecule has 1 nitrogen and oxygen atoms in total. The van der Waals surface area contributed by atoms with Gasteiger partial charge in [-0.05, 0) is 54.9 Å². The maximum Gasteiger partial charge on any atom is 0.123 e. The highest BCUT2D eigenvalue weighted by Crippen LogP contribution is 2.14. The molecule has 3 heteroatoms. The van der Waals surface area contributed by atoms with E-state index in [-0.39, 0.29) is 5.82 Å². The Morgan fingerprint density at radius 2 is 1.12 bits per heavy atom. The van der Waals surface area contributed by atoms with Gasteiger partial charge in [-0.3, -0.25) is 0 Å². The minimum atomic E-state index is -0.138. The number of aliphatic hydroxyl groups excluding tert-OH is 1. The molecule has 1 rings (SSSR count). The van der Waals surface area contributed by atoms with Crippen molar-refractivity contribution in [1.29, 1.82) is 0 Å². The third-order valence-corrected chi connectivity index (χ3v) is 5.77. The lowest BCUT2D eigenvalue weighted by atomic mass is 10.0. The average Bonchev–Trinajstić information content (AvgIpc) is 2.63. The molecule has 0 aliphatic carbocycles. The number of hydrogen-bond acceptors (Lipinski definition) is 2. The molecule has 0 radical (unpaired) electrons.